The molecule has 1 aliphatic heterocycles. The van der Waals surface area contributed by atoms with Crippen molar-refractivity contribution < 1.29 is 14.3 Å². The van der Waals surface area contributed by atoms with Crippen LogP contribution in [0.5, 0.6) is 5.75 Å². The summed E-state index contributed by atoms with van der Waals surface area (Å²) < 4.78 is 6.04. The maximum absolute atomic E-state index is 12.9. The summed E-state index contributed by atoms with van der Waals surface area (Å²) in [5.41, 5.74) is 6.03. The number of amides is 1. The maximum atomic E-state index is 12.9. The van der Waals surface area contributed by atoms with Gasteiger partial charge in [0.15, 0.2) is 11.4 Å². The van der Waals surface area contributed by atoms with Gasteiger partial charge in [-0.2, -0.15) is 0 Å². The Morgan fingerprint density at radius 2 is 2.00 bits per heavy atom. The number of rotatable bonds is 6. The van der Waals surface area contributed by atoms with Gasteiger partial charge in [0.05, 0.1) is 5.69 Å². The van der Waals surface area contributed by atoms with Crippen LogP contribution in [-0.4, -0.2) is 30.4 Å². The molecule has 2 N–H and O–H groups in total. The topological polar surface area (TPSA) is 72.6 Å². The zero-order valence-electron chi connectivity index (χ0n) is 13.5. The first-order valence-corrected chi connectivity index (χ1v) is 7.85. The third kappa shape index (κ3) is 2.73. The summed E-state index contributed by atoms with van der Waals surface area (Å²) in [7, 11) is 0. The number of ketones is 1. The first-order chi connectivity index (χ1) is 10.5. The summed E-state index contributed by atoms with van der Waals surface area (Å²) in [5, 5.41) is 0. The molecule has 5 heteroatoms. The quantitative estimate of drug-likeness (QED) is 0.820. The van der Waals surface area contributed by atoms with E-state index in [4.69, 9.17) is 10.5 Å². The van der Waals surface area contributed by atoms with E-state index < -0.39 is 5.60 Å². The molecule has 0 saturated heterocycles. The van der Waals surface area contributed by atoms with Crippen LogP contribution in [0.1, 0.15) is 50.4 Å². The lowest BCUT2D eigenvalue weighted by Crippen LogP contribution is -2.56. The van der Waals surface area contributed by atoms with Gasteiger partial charge in [-0.05, 0) is 50.9 Å². The second-order valence-electron chi connectivity index (χ2n) is 5.64. The molecule has 2 rings (SSSR count). The largest absolute Gasteiger partial charge is 0.475 e. The van der Waals surface area contributed by atoms with Gasteiger partial charge in [-0.1, -0.05) is 13.8 Å². The number of nitrogens with zero attached hydrogens (tertiary/aromatic N) is 1. The Hall–Kier alpha value is -1.88. The summed E-state index contributed by atoms with van der Waals surface area (Å²) >= 11 is 0. The molecule has 0 bridgehead atoms. The molecule has 0 aromatic heterocycles. The Balaban J connectivity index is 2.52. The average Bonchev–Trinajstić information content (AvgIpc) is 2.53. The van der Waals surface area contributed by atoms with Gasteiger partial charge in [-0.15, -0.1) is 0 Å². The lowest BCUT2D eigenvalue weighted by atomic mass is 9.92. The molecule has 22 heavy (non-hydrogen) atoms. The highest BCUT2D eigenvalue weighted by Crippen LogP contribution is 2.41. The zero-order valence-corrected chi connectivity index (χ0v) is 13.5. The molecular weight excluding hydrogens is 280 g/mol. The van der Waals surface area contributed by atoms with Crippen LogP contribution in [0, 0.1) is 0 Å². The van der Waals surface area contributed by atoms with Crippen LogP contribution in [0.2, 0.25) is 0 Å². The lowest BCUT2D eigenvalue weighted by Gasteiger charge is -2.42. The second kappa shape index (κ2) is 6.48. The predicted molar refractivity (Wildman–Crippen MR) is 86.4 cm³/mol. The van der Waals surface area contributed by atoms with Crippen molar-refractivity contribution in [3.05, 3.63) is 23.8 Å². The van der Waals surface area contributed by atoms with E-state index in [2.05, 4.69) is 0 Å². The number of carbonyl (C=O) groups excluding carboxylic acids is 2. The zero-order chi connectivity index (χ0) is 16.3. The summed E-state index contributed by atoms with van der Waals surface area (Å²) in [6.45, 7) is 6.47. The van der Waals surface area contributed by atoms with Crippen molar-refractivity contribution in [3.63, 3.8) is 0 Å². The van der Waals surface area contributed by atoms with Crippen LogP contribution in [0.4, 0.5) is 5.69 Å². The Bertz CT molecular complexity index is 579. The summed E-state index contributed by atoms with van der Waals surface area (Å²) in [6, 6.07) is 5.27. The number of carbonyl (C=O) groups is 2. The minimum Gasteiger partial charge on any atom is -0.475 e. The molecule has 1 aliphatic rings. The van der Waals surface area contributed by atoms with Crippen molar-refractivity contribution in [1.82, 2.24) is 0 Å². The number of hydrogen-bond acceptors (Lipinski definition) is 4. The van der Waals surface area contributed by atoms with Gasteiger partial charge < -0.3 is 15.4 Å². The highest BCUT2D eigenvalue weighted by atomic mass is 16.5. The fourth-order valence-corrected chi connectivity index (χ4v) is 2.81. The number of Topliss-reactive ketones (excluding diaryl/α,β-unsaturated/α-hetero) is 1. The fourth-order valence-electron chi connectivity index (χ4n) is 2.81. The van der Waals surface area contributed by atoms with Crippen molar-refractivity contribution in [1.29, 1.82) is 0 Å². The molecule has 1 aromatic carbocycles. The van der Waals surface area contributed by atoms with Crippen LogP contribution in [0.15, 0.2) is 18.2 Å². The van der Waals surface area contributed by atoms with Crippen molar-refractivity contribution in [3.8, 4) is 5.75 Å². The van der Waals surface area contributed by atoms with E-state index >= 15 is 0 Å². The number of anilines is 1. The van der Waals surface area contributed by atoms with Crippen LogP contribution in [0.3, 0.4) is 0 Å². The molecule has 0 fully saturated rings. The van der Waals surface area contributed by atoms with Crippen molar-refractivity contribution in [2.45, 2.75) is 45.6 Å². The van der Waals surface area contributed by atoms with Gasteiger partial charge in [0.2, 0.25) is 0 Å². The molecule has 0 spiro atoms. The molecule has 0 atom stereocenters. The van der Waals surface area contributed by atoms with Gasteiger partial charge >= 0.3 is 0 Å². The van der Waals surface area contributed by atoms with E-state index in [0.717, 1.165) is 0 Å². The van der Waals surface area contributed by atoms with Gasteiger partial charge in [0.1, 0.15) is 5.75 Å². The van der Waals surface area contributed by atoms with Gasteiger partial charge in [0, 0.05) is 12.1 Å². The standard InChI is InChI=1S/C17H24N2O3/c1-4-17(5-2)16(21)19(10-6-9-18)14-11-13(12(3)20)7-8-15(14)22-17/h7-8,11H,4-6,9-10,18H2,1-3H3. The Labute approximate surface area is 131 Å². The normalized spacial score (nSPS) is 16.2. The summed E-state index contributed by atoms with van der Waals surface area (Å²) in [5.74, 6) is 0.585. The number of nitrogens with two attached hydrogens (primary N) is 1. The predicted octanol–water partition coefficient (Wildman–Crippen LogP) is 2.52. The maximum Gasteiger partial charge on any atom is 0.271 e. The van der Waals surface area contributed by atoms with Gasteiger partial charge in [-0.25, -0.2) is 0 Å². The number of ether oxygens (including phenoxy) is 1. The summed E-state index contributed by atoms with van der Waals surface area (Å²) in [6.07, 6.45) is 1.92. The van der Waals surface area contributed by atoms with E-state index in [0.29, 0.717) is 49.4 Å². The molecule has 1 amide bonds. The molecule has 0 unspecified atom stereocenters. The molecule has 0 saturated carbocycles. The average molecular weight is 304 g/mol. The molecular formula is C17H24N2O3. The van der Waals surface area contributed by atoms with Gasteiger partial charge in [0.25, 0.3) is 5.91 Å². The van der Waals surface area contributed by atoms with Crippen molar-refractivity contribution in [2.75, 3.05) is 18.0 Å². The van der Waals surface area contributed by atoms with Gasteiger partial charge in [-0.3, -0.25) is 9.59 Å². The first-order valence-electron chi connectivity index (χ1n) is 7.85. The molecule has 5 nitrogen and oxygen atoms in total. The third-order valence-electron chi connectivity index (χ3n) is 4.32. The van der Waals surface area contributed by atoms with Crippen LogP contribution < -0.4 is 15.4 Å². The van der Waals surface area contributed by atoms with Crippen molar-refractivity contribution >= 4 is 17.4 Å². The van der Waals surface area contributed by atoms with E-state index in [1.165, 1.54) is 6.92 Å². The van der Waals surface area contributed by atoms with E-state index in [9.17, 15) is 9.59 Å². The minimum absolute atomic E-state index is 0.0307. The monoisotopic (exact) mass is 304 g/mol. The molecule has 1 aromatic rings. The smallest absolute Gasteiger partial charge is 0.271 e. The Morgan fingerprint density at radius 1 is 1.32 bits per heavy atom. The second-order valence-corrected chi connectivity index (χ2v) is 5.64. The number of fused-ring (bicyclic) bond motifs is 1. The molecule has 1 heterocycles. The lowest BCUT2D eigenvalue weighted by molar-refractivity contribution is -0.136. The number of hydrogen-bond donors (Lipinski definition) is 1. The third-order valence-corrected chi connectivity index (χ3v) is 4.32. The minimum atomic E-state index is -0.820. The fraction of sp³-hybridized carbons (Fsp3) is 0.529. The molecule has 120 valence electrons. The SMILES string of the molecule is CCC1(CC)Oc2ccc(C(C)=O)cc2N(CCCN)C1=O. The van der Waals surface area contributed by atoms with Crippen molar-refractivity contribution in [2.24, 2.45) is 5.73 Å². The highest BCUT2D eigenvalue weighted by Gasteiger charge is 2.45. The summed E-state index contributed by atoms with van der Waals surface area (Å²) in [4.78, 5) is 26.3. The van der Waals surface area contributed by atoms with E-state index in [1.54, 1.807) is 23.1 Å². The van der Waals surface area contributed by atoms with Crippen LogP contribution in [0.25, 0.3) is 0 Å². The van der Waals surface area contributed by atoms with E-state index in [-0.39, 0.29) is 11.7 Å². The molecule has 0 aliphatic carbocycles. The Morgan fingerprint density at radius 3 is 2.55 bits per heavy atom. The first kappa shape index (κ1) is 16.5. The number of benzene rings is 1. The van der Waals surface area contributed by atoms with E-state index in [1.807, 2.05) is 13.8 Å². The molecule has 0 radical (unpaired) electrons. The van der Waals surface area contributed by atoms with Crippen LogP contribution >= 0.6 is 0 Å². The Kier molecular flexibility index (Phi) is 4.86. The highest BCUT2D eigenvalue weighted by molar-refractivity contribution is 6.04. The van der Waals surface area contributed by atoms with Crippen LogP contribution in [-0.2, 0) is 4.79 Å².